The maximum absolute atomic E-state index is 13.0. The van der Waals surface area contributed by atoms with Crippen LogP contribution in [0, 0.1) is 23.7 Å². The van der Waals surface area contributed by atoms with Crippen molar-refractivity contribution >= 4 is 39.5 Å². The Morgan fingerprint density at radius 2 is 0.527 bits per heavy atom. The Kier molecular flexibility index (Phi) is 60.3. The van der Waals surface area contributed by atoms with E-state index in [0.29, 0.717) is 31.6 Å². The molecule has 0 aliphatic rings. The van der Waals surface area contributed by atoms with Gasteiger partial charge in [0.2, 0.25) is 0 Å². The zero-order chi connectivity index (χ0) is 67.5. The average Bonchev–Trinajstić information content (AvgIpc) is 3.52. The van der Waals surface area contributed by atoms with Crippen LogP contribution in [0.2, 0.25) is 0 Å². The van der Waals surface area contributed by atoms with Gasteiger partial charge in [0.25, 0.3) is 0 Å². The Labute approximate surface area is 556 Å². The van der Waals surface area contributed by atoms with Crippen molar-refractivity contribution in [3.63, 3.8) is 0 Å². The molecule has 0 aromatic carbocycles. The lowest BCUT2D eigenvalue weighted by atomic mass is 9.99. The van der Waals surface area contributed by atoms with Gasteiger partial charge in [0, 0.05) is 25.7 Å². The van der Waals surface area contributed by atoms with Gasteiger partial charge in [0.15, 0.2) is 12.2 Å². The first-order valence-corrected chi connectivity index (χ1v) is 40.3. The molecule has 0 rings (SSSR count). The van der Waals surface area contributed by atoms with Crippen molar-refractivity contribution in [1.29, 1.82) is 0 Å². The first kappa shape index (κ1) is 89.1. The van der Waals surface area contributed by atoms with E-state index in [-0.39, 0.29) is 25.7 Å². The van der Waals surface area contributed by atoms with Gasteiger partial charge in [-0.1, -0.05) is 306 Å². The van der Waals surface area contributed by atoms with E-state index in [9.17, 15) is 43.2 Å². The fraction of sp³-hybridized carbons (Fsp3) is 0.944. The molecule has 0 saturated heterocycles. The second-order valence-corrected chi connectivity index (χ2v) is 30.3. The Bertz CT molecular complexity index is 1800. The lowest BCUT2D eigenvalue weighted by Gasteiger charge is -2.21. The molecular formula is C72H140O17P2. The van der Waals surface area contributed by atoms with E-state index >= 15 is 0 Å². The van der Waals surface area contributed by atoms with Crippen molar-refractivity contribution in [1.82, 2.24) is 0 Å². The third-order valence-corrected chi connectivity index (χ3v) is 19.2. The van der Waals surface area contributed by atoms with Gasteiger partial charge in [-0.2, -0.15) is 0 Å². The highest BCUT2D eigenvalue weighted by atomic mass is 31.2. The van der Waals surface area contributed by atoms with Crippen molar-refractivity contribution in [2.75, 3.05) is 39.6 Å². The van der Waals surface area contributed by atoms with Crippen LogP contribution in [0.25, 0.3) is 0 Å². The highest BCUT2D eigenvalue weighted by Gasteiger charge is 2.30. The highest BCUT2D eigenvalue weighted by Crippen LogP contribution is 2.45. The van der Waals surface area contributed by atoms with Crippen molar-refractivity contribution in [3.05, 3.63) is 0 Å². The zero-order valence-electron chi connectivity index (χ0n) is 59.5. The summed E-state index contributed by atoms with van der Waals surface area (Å²) in [5.74, 6) is 0.884. The molecular weight excluding hydrogens is 1200 g/mol. The van der Waals surface area contributed by atoms with Crippen LogP contribution in [-0.4, -0.2) is 96.7 Å². The van der Waals surface area contributed by atoms with Crippen molar-refractivity contribution in [2.45, 2.75) is 375 Å². The monoisotopic (exact) mass is 1340 g/mol. The van der Waals surface area contributed by atoms with Gasteiger partial charge in [-0.05, 0) is 49.4 Å². The summed E-state index contributed by atoms with van der Waals surface area (Å²) in [6, 6.07) is 0. The molecule has 0 amide bonds. The van der Waals surface area contributed by atoms with E-state index < -0.39 is 97.5 Å². The first-order valence-electron chi connectivity index (χ1n) is 37.3. The van der Waals surface area contributed by atoms with Gasteiger partial charge in [-0.25, -0.2) is 9.13 Å². The van der Waals surface area contributed by atoms with Gasteiger partial charge in [-0.3, -0.25) is 37.3 Å². The average molecular weight is 1340 g/mol. The summed E-state index contributed by atoms with van der Waals surface area (Å²) in [7, 11) is -9.91. The second-order valence-electron chi connectivity index (χ2n) is 27.4. The first-order chi connectivity index (χ1) is 43.7. The van der Waals surface area contributed by atoms with Crippen LogP contribution < -0.4 is 0 Å². The van der Waals surface area contributed by atoms with Gasteiger partial charge < -0.3 is 33.8 Å². The van der Waals surface area contributed by atoms with Crippen molar-refractivity contribution < 1.29 is 80.2 Å². The molecule has 0 spiro atoms. The van der Waals surface area contributed by atoms with E-state index in [1.54, 1.807) is 0 Å². The number of carbonyl (C=O) groups excluding carboxylic acids is 4. The molecule has 0 aliphatic carbocycles. The number of carbonyl (C=O) groups is 4. The predicted molar refractivity (Wildman–Crippen MR) is 367 cm³/mol. The van der Waals surface area contributed by atoms with Gasteiger partial charge in [-0.15, -0.1) is 0 Å². The molecule has 19 heteroatoms. The smallest absolute Gasteiger partial charge is 0.462 e. The minimum absolute atomic E-state index is 0.104. The maximum atomic E-state index is 13.0. The molecule has 3 N–H and O–H groups in total. The molecule has 0 heterocycles. The number of hydrogen-bond donors (Lipinski definition) is 3. The molecule has 0 radical (unpaired) electrons. The quantitative estimate of drug-likeness (QED) is 0.0222. The molecule has 0 aromatic rings. The van der Waals surface area contributed by atoms with Crippen LogP contribution in [0.4, 0.5) is 0 Å². The minimum Gasteiger partial charge on any atom is -0.462 e. The van der Waals surface area contributed by atoms with Crippen LogP contribution in [0.1, 0.15) is 357 Å². The third kappa shape index (κ3) is 63.9. The van der Waals surface area contributed by atoms with E-state index in [0.717, 1.165) is 120 Å². The van der Waals surface area contributed by atoms with Crippen molar-refractivity contribution in [2.24, 2.45) is 23.7 Å². The molecule has 17 nitrogen and oxygen atoms in total. The second kappa shape index (κ2) is 61.6. The fourth-order valence-corrected chi connectivity index (χ4v) is 12.4. The molecule has 0 fully saturated rings. The summed E-state index contributed by atoms with van der Waals surface area (Å²) in [6.07, 6.45) is 44.6. The summed E-state index contributed by atoms with van der Waals surface area (Å²) >= 11 is 0. The molecule has 91 heavy (non-hydrogen) atoms. The molecule has 540 valence electrons. The molecule has 0 aromatic heterocycles. The topological polar surface area (TPSA) is 237 Å². The molecule has 0 bridgehead atoms. The highest BCUT2D eigenvalue weighted by molar-refractivity contribution is 7.47. The van der Waals surface area contributed by atoms with Gasteiger partial charge in [0.1, 0.15) is 19.3 Å². The number of esters is 4. The third-order valence-electron chi connectivity index (χ3n) is 17.3. The lowest BCUT2D eigenvalue weighted by Crippen LogP contribution is -2.30. The Hall–Kier alpha value is -1.94. The standard InChI is InChI=1S/C72H140O17P2/c1-9-64(7)50-42-34-26-21-22-28-39-47-55-72(77)89-68(59-83-70(75)53-45-37-31-30-35-43-51-65(8)10-2)61-87-91(80,81)85-57-66(73)56-84-90(78,79)86-60-67(58-82-69(74)52-44-36-29-23-25-33-41-49-63(5)6)88-71(76)54-46-38-27-20-18-16-14-12-11-13-15-17-19-24-32-40-48-62(3)4/h62-68,73H,9-61H2,1-8H3,(H,78,79)(H,80,81)/t64?,65?,66-,67-,68-/m1/s1. The summed E-state index contributed by atoms with van der Waals surface area (Å²) < 4.78 is 68.3. The predicted octanol–water partition coefficient (Wildman–Crippen LogP) is 20.5. The minimum atomic E-state index is -4.95. The van der Waals surface area contributed by atoms with Crippen LogP contribution in [0.15, 0.2) is 0 Å². The SMILES string of the molecule is CCC(C)CCCCCCCCCCC(=O)O[C@H](COC(=O)CCCCCCCCC(C)CC)COP(=O)(O)OC[C@H](O)COP(=O)(O)OC[C@@H](COC(=O)CCCCCCCCCC(C)C)OC(=O)CCCCCCCCCCCCCCCCCCC(C)C. The summed E-state index contributed by atoms with van der Waals surface area (Å²) in [6.45, 7) is 14.1. The number of hydrogen-bond acceptors (Lipinski definition) is 15. The number of unbranched alkanes of at least 4 members (excludes halogenated alkanes) is 33. The van der Waals surface area contributed by atoms with E-state index in [1.807, 2.05) is 0 Å². The number of aliphatic hydroxyl groups excluding tert-OH is 1. The normalized spacial score (nSPS) is 14.8. The van der Waals surface area contributed by atoms with Crippen LogP contribution in [-0.2, 0) is 65.4 Å². The Balaban J connectivity index is 5.21. The zero-order valence-corrected chi connectivity index (χ0v) is 61.3. The molecule has 7 atom stereocenters. The number of ether oxygens (including phenoxy) is 4. The van der Waals surface area contributed by atoms with Crippen LogP contribution >= 0.6 is 15.6 Å². The number of phosphoric ester groups is 2. The molecule has 0 saturated carbocycles. The summed E-state index contributed by atoms with van der Waals surface area (Å²) in [4.78, 5) is 72.6. The summed E-state index contributed by atoms with van der Waals surface area (Å²) in [5, 5.41) is 10.6. The summed E-state index contributed by atoms with van der Waals surface area (Å²) in [5.41, 5.74) is 0. The van der Waals surface area contributed by atoms with Crippen LogP contribution in [0.3, 0.4) is 0 Å². The Morgan fingerprint density at radius 1 is 0.308 bits per heavy atom. The number of aliphatic hydroxyl groups is 1. The number of phosphoric acid groups is 2. The Morgan fingerprint density at radius 3 is 0.780 bits per heavy atom. The van der Waals surface area contributed by atoms with Crippen LogP contribution in [0.5, 0.6) is 0 Å². The molecule has 4 unspecified atom stereocenters. The van der Waals surface area contributed by atoms with E-state index in [4.69, 9.17) is 37.0 Å². The fourth-order valence-electron chi connectivity index (χ4n) is 10.8. The van der Waals surface area contributed by atoms with Crippen molar-refractivity contribution in [3.8, 4) is 0 Å². The van der Waals surface area contributed by atoms with Gasteiger partial charge in [0.05, 0.1) is 26.4 Å². The van der Waals surface area contributed by atoms with Gasteiger partial charge >= 0.3 is 39.5 Å². The number of rotatable bonds is 69. The van der Waals surface area contributed by atoms with E-state index in [1.165, 1.54) is 148 Å². The maximum Gasteiger partial charge on any atom is 0.472 e. The van der Waals surface area contributed by atoms with E-state index in [2.05, 4.69) is 55.4 Å². The molecule has 0 aliphatic heterocycles. The lowest BCUT2D eigenvalue weighted by molar-refractivity contribution is -0.161. The largest absolute Gasteiger partial charge is 0.472 e.